The molecule has 0 spiro atoms. The van der Waals surface area contributed by atoms with Crippen molar-refractivity contribution in [3.63, 3.8) is 0 Å². The van der Waals surface area contributed by atoms with Crippen LogP contribution in [0.25, 0.3) is 11.0 Å². The zero-order valence-electron chi connectivity index (χ0n) is 19.7. The van der Waals surface area contributed by atoms with Gasteiger partial charge in [-0.3, -0.25) is 24.9 Å². The average Bonchev–Trinajstić information content (AvgIpc) is 2.85. The van der Waals surface area contributed by atoms with Crippen molar-refractivity contribution in [1.82, 2.24) is 30.3 Å². The number of nitrogens with zero attached hydrogens (tertiary/aromatic N) is 5. The molecule has 3 aromatic rings. The number of aryl methyl sites for hydroxylation is 1. The number of aromatic nitrogens is 3. The van der Waals surface area contributed by atoms with Crippen molar-refractivity contribution in [2.24, 2.45) is 0 Å². The van der Waals surface area contributed by atoms with Crippen molar-refractivity contribution in [3.05, 3.63) is 62.5 Å². The average molecular weight is 518 g/mol. The molecule has 0 bridgehead atoms. The number of piperazine rings is 1. The summed E-state index contributed by atoms with van der Waals surface area (Å²) < 4.78 is 28.1. The van der Waals surface area contributed by atoms with E-state index in [1.807, 2.05) is 6.92 Å². The Morgan fingerprint density at radius 1 is 1.22 bits per heavy atom. The Kier molecular flexibility index (Phi) is 6.87. The van der Waals surface area contributed by atoms with Crippen LogP contribution in [0.1, 0.15) is 28.5 Å². The second-order valence-electron chi connectivity index (χ2n) is 9.05. The Morgan fingerprint density at radius 2 is 1.97 bits per heavy atom. The quantitative estimate of drug-likeness (QED) is 0.484. The van der Waals surface area contributed by atoms with Crippen molar-refractivity contribution >= 4 is 34.2 Å². The molecule has 12 heteroatoms. The zero-order chi connectivity index (χ0) is 25.4. The summed E-state index contributed by atoms with van der Waals surface area (Å²) in [5.74, 6) is -0.887. The van der Waals surface area contributed by atoms with Gasteiger partial charge in [0.2, 0.25) is 0 Å². The Bertz CT molecular complexity index is 1350. The molecule has 2 aliphatic heterocycles. The second-order valence-corrected chi connectivity index (χ2v) is 9.41. The molecule has 190 valence electrons. The first-order chi connectivity index (χ1) is 17.3. The standard InChI is InChI=1S/C24H26ClF2N7O2/c1-2-14-9-18-21(30-23(14)35)20(27)15(10-28-18)11-32-5-7-33(8-6-32)19-4-3-17(29-22(19)25)24(36)31-34-12-16(26)13-34/h3-4,9-10,16H,2,5-8,11-13H2,1H3,(H,30,35)(H,31,36). The number of H-pyrrole nitrogens is 1. The van der Waals surface area contributed by atoms with Crippen LogP contribution in [0.3, 0.4) is 0 Å². The lowest BCUT2D eigenvalue weighted by molar-refractivity contribution is 0.0190. The maximum Gasteiger partial charge on any atom is 0.284 e. The van der Waals surface area contributed by atoms with E-state index < -0.39 is 17.9 Å². The highest BCUT2D eigenvalue weighted by atomic mass is 35.5. The smallest absolute Gasteiger partial charge is 0.284 e. The molecule has 0 unspecified atom stereocenters. The van der Waals surface area contributed by atoms with Gasteiger partial charge in [0, 0.05) is 50.0 Å². The highest BCUT2D eigenvalue weighted by Crippen LogP contribution is 2.26. The van der Waals surface area contributed by atoms with Gasteiger partial charge in [-0.15, -0.1) is 0 Å². The van der Waals surface area contributed by atoms with E-state index in [2.05, 4.69) is 30.2 Å². The summed E-state index contributed by atoms with van der Waals surface area (Å²) in [6.45, 7) is 5.14. The lowest BCUT2D eigenvalue weighted by Crippen LogP contribution is -2.57. The Morgan fingerprint density at radius 3 is 2.64 bits per heavy atom. The summed E-state index contributed by atoms with van der Waals surface area (Å²) in [4.78, 5) is 39.8. The zero-order valence-corrected chi connectivity index (χ0v) is 20.5. The Balaban J connectivity index is 1.21. The van der Waals surface area contributed by atoms with Crippen LogP contribution >= 0.6 is 11.6 Å². The third-order valence-corrected chi connectivity index (χ3v) is 6.88. The van der Waals surface area contributed by atoms with Crippen molar-refractivity contribution in [3.8, 4) is 0 Å². The van der Waals surface area contributed by atoms with E-state index in [0.29, 0.717) is 61.5 Å². The fourth-order valence-corrected chi connectivity index (χ4v) is 4.73. The fourth-order valence-electron chi connectivity index (χ4n) is 4.46. The van der Waals surface area contributed by atoms with Crippen LogP contribution in [0.4, 0.5) is 14.5 Å². The van der Waals surface area contributed by atoms with E-state index in [-0.39, 0.29) is 35.0 Å². The van der Waals surface area contributed by atoms with Gasteiger partial charge in [-0.2, -0.15) is 0 Å². The number of carbonyl (C=O) groups is 1. The number of hydrogen-bond donors (Lipinski definition) is 2. The van der Waals surface area contributed by atoms with Gasteiger partial charge in [-0.1, -0.05) is 18.5 Å². The van der Waals surface area contributed by atoms with E-state index >= 15 is 4.39 Å². The van der Waals surface area contributed by atoms with Crippen molar-refractivity contribution in [2.75, 3.05) is 44.2 Å². The van der Waals surface area contributed by atoms with Crippen molar-refractivity contribution < 1.29 is 13.6 Å². The summed E-state index contributed by atoms with van der Waals surface area (Å²) in [6.07, 6.45) is 1.16. The molecule has 3 aromatic heterocycles. The molecule has 5 heterocycles. The molecule has 36 heavy (non-hydrogen) atoms. The predicted octanol–water partition coefficient (Wildman–Crippen LogP) is 2.29. The van der Waals surface area contributed by atoms with E-state index in [1.165, 1.54) is 11.2 Å². The molecule has 5 rings (SSSR count). The van der Waals surface area contributed by atoms with Gasteiger partial charge in [0.15, 0.2) is 11.0 Å². The molecule has 1 amide bonds. The van der Waals surface area contributed by atoms with Gasteiger partial charge in [-0.25, -0.2) is 18.8 Å². The topological polar surface area (TPSA) is 97.5 Å². The largest absolute Gasteiger partial charge is 0.366 e. The molecule has 0 saturated carbocycles. The number of hydrogen-bond acceptors (Lipinski definition) is 7. The predicted molar refractivity (Wildman–Crippen MR) is 132 cm³/mol. The van der Waals surface area contributed by atoms with Crippen LogP contribution in [-0.4, -0.2) is 76.2 Å². The molecule has 0 aliphatic carbocycles. The lowest BCUT2D eigenvalue weighted by Gasteiger charge is -2.36. The summed E-state index contributed by atoms with van der Waals surface area (Å²) in [7, 11) is 0. The number of alkyl halides is 1. The van der Waals surface area contributed by atoms with Gasteiger partial charge in [0.05, 0.1) is 24.3 Å². The van der Waals surface area contributed by atoms with Gasteiger partial charge in [-0.05, 0) is 24.6 Å². The third-order valence-electron chi connectivity index (χ3n) is 6.60. The number of rotatable bonds is 6. The number of amides is 1. The fraction of sp³-hybridized carbons (Fsp3) is 0.417. The number of fused-ring (bicyclic) bond motifs is 1. The van der Waals surface area contributed by atoms with Crippen LogP contribution in [0.15, 0.2) is 29.2 Å². The number of nitrogens with one attached hydrogen (secondary N) is 2. The highest BCUT2D eigenvalue weighted by Gasteiger charge is 2.28. The minimum absolute atomic E-state index is 0.133. The minimum Gasteiger partial charge on any atom is -0.366 e. The number of pyridine rings is 3. The molecular weight excluding hydrogens is 492 g/mol. The van der Waals surface area contributed by atoms with E-state index in [1.54, 1.807) is 18.2 Å². The molecule has 2 N–H and O–H groups in total. The normalized spacial score (nSPS) is 17.4. The Labute approximate surface area is 211 Å². The van der Waals surface area contributed by atoms with Gasteiger partial charge in [0.1, 0.15) is 17.4 Å². The molecule has 2 saturated heterocycles. The molecular formula is C24H26ClF2N7O2. The maximum atomic E-state index is 15.1. The second kappa shape index (κ2) is 10.1. The molecule has 9 nitrogen and oxygen atoms in total. The Hall–Kier alpha value is -3.15. The number of hydrazine groups is 1. The van der Waals surface area contributed by atoms with Gasteiger partial charge in [0.25, 0.3) is 11.5 Å². The number of anilines is 1. The number of halogens is 3. The maximum absolute atomic E-state index is 15.1. The van der Waals surface area contributed by atoms with Crippen LogP contribution in [0.5, 0.6) is 0 Å². The summed E-state index contributed by atoms with van der Waals surface area (Å²) in [5, 5.41) is 1.70. The summed E-state index contributed by atoms with van der Waals surface area (Å²) in [5.41, 5.74) is 4.75. The molecule has 0 atom stereocenters. The molecule has 0 radical (unpaired) electrons. The van der Waals surface area contributed by atoms with Gasteiger partial charge >= 0.3 is 0 Å². The monoisotopic (exact) mass is 517 g/mol. The van der Waals surface area contributed by atoms with Crippen LogP contribution in [0, 0.1) is 5.82 Å². The third kappa shape index (κ3) is 4.91. The van der Waals surface area contributed by atoms with Crippen molar-refractivity contribution in [1.29, 1.82) is 0 Å². The summed E-state index contributed by atoms with van der Waals surface area (Å²) >= 11 is 6.38. The van der Waals surface area contributed by atoms with Crippen LogP contribution < -0.4 is 15.9 Å². The van der Waals surface area contributed by atoms with E-state index in [0.717, 1.165) is 0 Å². The number of carbonyl (C=O) groups excluding carboxylic acids is 1. The summed E-state index contributed by atoms with van der Waals surface area (Å²) in [6, 6.07) is 4.98. The lowest BCUT2D eigenvalue weighted by atomic mass is 10.1. The van der Waals surface area contributed by atoms with E-state index in [4.69, 9.17) is 11.6 Å². The van der Waals surface area contributed by atoms with Crippen LogP contribution in [0.2, 0.25) is 5.15 Å². The highest BCUT2D eigenvalue weighted by molar-refractivity contribution is 6.32. The molecule has 2 fully saturated rings. The minimum atomic E-state index is -0.921. The number of aromatic amines is 1. The first kappa shape index (κ1) is 24.5. The SMILES string of the molecule is CCc1cc2ncc(CN3CCN(c4ccc(C(=O)NN5CC(F)C5)nc4Cl)CC3)c(F)c2[nH]c1=O. The molecule has 2 aliphatic rings. The first-order valence-electron chi connectivity index (χ1n) is 11.9. The van der Waals surface area contributed by atoms with Crippen LogP contribution in [-0.2, 0) is 13.0 Å². The first-order valence-corrected chi connectivity index (χ1v) is 12.2. The van der Waals surface area contributed by atoms with Crippen molar-refractivity contribution in [2.45, 2.75) is 26.1 Å². The van der Waals surface area contributed by atoms with E-state index in [9.17, 15) is 14.0 Å². The molecule has 0 aromatic carbocycles. The van der Waals surface area contributed by atoms with Gasteiger partial charge < -0.3 is 9.88 Å².